The second-order valence-corrected chi connectivity index (χ2v) is 7.31. The van der Waals surface area contributed by atoms with E-state index >= 15 is 0 Å². The standard InChI is InChI=1S/C22H25N3O/c1-16-5-2-7-18(11-16)21-13-23-24-22(21)19-8-4-10-25(15-19)14-17-6-3-9-20(26)12-17/h2-3,5-7,9,11-13,19,26H,4,8,10,14-15H2,1H3,(H,23,24)/t19-/m0/s1. The minimum atomic E-state index is 0.339. The van der Waals surface area contributed by atoms with Crippen LogP contribution < -0.4 is 0 Å². The maximum absolute atomic E-state index is 9.70. The van der Waals surface area contributed by atoms with Crippen molar-refractivity contribution in [3.63, 3.8) is 0 Å². The molecule has 134 valence electrons. The zero-order valence-electron chi connectivity index (χ0n) is 15.2. The fraction of sp³-hybridized carbons (Fsp3) is 0.318. The van der Waals surface area contributed by atoms with Crippen molar-refractivity contribution in [2.75, 3.05) is 13.1 Å². The zero-order chi connectivity index (χ0) is 17.9. The van der Waals surface area contributed by atoms with E-state index in [1.165, 1.54) is 35.2 Å². The molecule has 1 atom stereocenters. The number of H-pyrrole nitrogens is 1. The highest BCUT2D eigenvalue weighted by Gasteiger charge is 2.25. The molecule has 0 unspecified atom stereocenters. The van der Waals surface area contributed by atoms with Gasteiger partial charge in [-0.15, -0.1) is 0 Å². The van der Waals surface area contributed by atoms with Crippen LogP contribution in [0.5, 0.6) is 5.75 Å². The van der Waals surface area contributed by atoms with Crippen molar-refractivity contribution in [3.8, 4) is 16.9 Å². The molecule has 0 bridgehead atoms. The van der Waals surface area contributed by atoms with Gasteiger partial charge in [-0.05, 0) is 49.6 Å². The number of hydrogen-bond acceptors (Lipinski definition) is 3. The van der Waals surface area contributed by atoms with Crippen molar-refractivity contribution < 1.29 is 5.11 Å². The monoisotopic (exact) mass is 347 g/mol. The average molecular weight is 347 g/mol. The van der Waals surface area contributed by atoms with Crippen LogP contribution in [0.1, 0.15) is 35.6 Å². The lowest BCUT2D eigenvalue weighted by molar-refractivity contribution is 0.198. The highest BCUT2D eigenvalue weighted by molar-refractivity contribution is 5.66. The number of piperidine rings is 1. The highest BCUT2D eigenvalue weighted by atomic mass is 16.3. The summed E-state index contributed by atoms with van der Waals surface area (Å²) in [6, 6.07) is 16.2. The third-order valence-electron chi connectivity index (χ3n) is 5.23. The average Bonchev–Trinajstić information content (AvgIpc) is 3.12. The number of phenolic OH excluding ortho intramolecular Hbond substituents is 1. The van der Waals surface area contributed by atoms with Gasteiger partial charge in [-0.2, -0.15) is 5.10 Å². The predicted molar refractivity (Wildman–Crippen MR) is 104 cm³/mol. The van der Waals surface area contributed by atoms with Gasteiger partial charge in [0.2, 0.25) is 0 Å². The van der Waals surface area contributed by atoms with E-state index in [0.717, 1.165) is 25.2 Å². The number of rotatable bonds is 4. The molecule has 1 aliphatic rings. The van der Waals surface area contributed by atoms with E-state index in [2.05, 4.69) is 52.4 Å². The second kappa shape index (κ2) is 7.34. The Morgan fingerprint density at radius 2 is 2.08 bits per heavy atom. The zero-order valence-corrected chi connectivity index (χ0v) is 15.2. The summed E-state index contributed by atoms with van der Waals surface area (Å²) in [5, 5.41) is 17.3. The number of aromatic hydroxyl groups is 1. The van der Waals surface area contributed by atoms with Gasteiger partial charge in [0, 0.05) is 30.3 Å². The van der Waals surface area contributed by atoms with Gasteiger partial charge in [-0.3, -0.25) is 10.00 Å². The van der Waals surface area contributed by atoms with Crippen molar-refractivity contribution in [2.24, 2.45) is 0 Å². The third-order valence-corrected chi connectivity index (χ3v) is 5.23. The quantitative estimate of drug-likeness (QED) is 0.732. The molecule has 26 heavy (non-hydrogen) atoms. The lowest BCUT2D eigenvalue weighted by Crippen LogP contribution is -2.34. The molecule has 0 spiro atoms. The van der Waals surface area contributed by atoms with Crippen LogP contribution in [0.15, 0.2) is 54.7 Å². The van der Waals surface area contributed by atoms with E-state index in [9.17, 15) is 5.11 Å². The van der Waals surface area contributed by atoms with Crippen LogP contribution in [0.2, 0.25) is 0 Å². The Bertz CT molecular complexity index is 886. The maximum Gasteiger partial charge on any atom is 0.115 e. The number of aromatic nitrogens is 2. The molecule has 3 aromatic rings. The maximum atomic E-state index is 9.70. The molecule has 0 radical (unpaired) electrons. The van der Waals surface area contributed by atoms with Crippen LogP contribution in [0.4, 0.5) is 0 Å². The molecule has 1 saturated heterocycles. The van der Waals surface area contributed by atoms with Crippen LogP contribution in [-0.4, -0.2) is 33.3 Å². The summed E-state index contributed by atoms with van der Waals surface area (Å²) in [4.78, 5) is 2.48. The van der Waals surface area contributed by atoms with E-state index in [0.29, 0.717) is 11.7 Å². The SMILES string of the molecule is Cc1cccc(-c2cn[nH]c2[C@H]2CCCN(Cc3cccc(O)c3)C2)c1. The molecule has 0 saturated carbocycles. The summed E-state index contributed by atoms with van der Waals surface area (Å²) in [5.74, 6) is 0.797. The van der Waals surface area contributed by atoms with Gasteiger partial charge in [-0.1, -0.05) is 42.0 Å². The van der Waals surface area contributed by atoms with Gasteiger partial charge in [0.15, 0.2) is 0 Å². The fourth-order valence-electron chi connectivity index (χ4n) is 4.00. The fourth-order valence-corrected chi connectivity index (χ4v) is 4.00. The predicted octanol–water partition coefficient (Wildman–Crippen LogP) is 4.47. The molecule has 4 nitrogen and oxygen atoms in total. The van der Waals surface area contributed by atoms with E-state index < -0.39 is 0 Å². The minimum absolute atomic E-state index is 0.339. The van der Waals surface area contributed by atoms with E-state index in [1.54, 1.807) is 6.07 Å². The van der Waals surface area contributed by atoms with Crippen molar-refractivity contribution in [3.05, 3.63) is 71.5 Å². The molecular formula is C22H25N3O. The summed E-state index contributed by atoms with van der Waals surface area (Å²) in [6.45, 7) is 5.11. The van der Waals surface area contributed by atoms with Gasteiger partial charge < -0.3 is 5.11 Å². The molecule has 2 aromatic carbocycles. The Hall–Kier alpha value is -2.59. The van der Waals surface area contributed by atoms with Gasteiger partial charge in [0.05, 0.1) is 6.20 Å². The first kappa shape index (κ1) is 16.9. The number of aromatic amines is 1. The molecule has 2 heterocycles. The highest BCUT2D eigenvalue weighted by Crippen LogP contribution is 2.33. The summed E-state index contributed by atoms with van der Waals surface area (Å²) < 4.78 is 0. The first-order valence-electron chi connectivity index (χ1n) is 9.29. The lowest BCUT2D eigenvalue weighted by atomic mass is 9.90. The Morgan fingerprint density at radius 1 is 1.19 bits per heavy atom. The first-order valence-corrected chi connectivity index (χ1v) is 9.29. The molecule has 0 aliphatic carbocycles. The minimum Gasteiger partial charge on any atom is -0.508 e. The van der Waals surface area contributed by atoms with Crippen molar-refractivity contribution in [1.29, 1.82) is 0 Å². The van der Waals surface area contributed by atoms with Crippen LogP contribution in [0.3, 0.4) is 0 Å². The number of nitrogens with one attached hydrogen (secondary N) is 1. The number of nitrogens with zero attached hydrogens (tertiary/aromatic N) is 2. The number of phenols is 1. The molecule has 1 fully saturated rings. The number of aryl methyl sites for hydroxylation is 1. The Morgan fingerprint density at radius 3 is 2.92 bits per heavy atom. The van der Waals surface area contributed by atoms with E-state index in [-0.39, 0.29) is 0 Å². The smallest absolute Gasteiger partial charge is 0.115 e. The lowest BCUT2D eigenvalue weighted by Gasteiger charge is -2.32. The third kappa shape index (κ3) is 3.65. The Labute approximate surface area is 154 Å². The van der Waals surface area contributed by atoms with E-state index in [4.69, 9.17) is 0 Å². The van der Waals surface area contributed by atoms with Crippen LogP contribution in [0, 0.1) is 6.92 Å². The summed E-state index contributed by atoms with van der Waals surface area (Å²) in [7, 11) is 0. The van der Waals surface area contributed by atoms with Crippen LogP contribution in [-0.2, 0) is 6.54 Å². The second-order valence-electron chi connectivity index (χ2n) is 7.31. The number of likely N-dealkylation sites (tertiary alicyclic amines) is 1. The van der Waals surface area contributed by atoms with Crippen molar-refractivity contribution in [2.45, 2.75) is 32.2 Å². The molecule has 0 amide bonds. The molecular weight excluding hydrogens is 322 g/mol. The summed E-state index contributed by atoms with van der Waals surface area (Å²) in [6.07, 6.45) is 4.31. The normalized spacial score (nSPS) is 18.1. The van der Waals surface area contributed by atoms with Gasteiger partial charge in [0.1, 0.15) is 5.75 Å². The molecule has 2 N–H and O–H groups in total. The number of hydrogen-bond donors (Lipinski definition) is 2. The largest absolute Gasteiger partial charge is 0.508 e. The molecule has 1 aliphatic heterocycles. The molecule has 4 rings (SSSR count). The topological polar surface area (TPSA) is 52.2 Å². The molecule has 4 heteroatoms. The van der Waals surface area contributed by atoms with Gasteiger partial charge in [-0.25, -0.2) is 0 Å². The van der Waals surface area contributed by atoms with Crippen LogP contribution >= 0.6 is 0 Å². The summed E-state index contributed by atoms with van der Waals surface area (Å²) in [5.41, 5.74) is 6.13. The first-order chi connectivity index (χ1) is 12.7. The van der Waals surface area contributed by atoms with Crippen molar-refractivity contribution in [1.82, 2.24) is 15.1 Å². The van der Waals surface area contributed by atoms with Crippen LogP contribution in [0.25, 0.3) is 11.1 Å². The van der Waals surface area contributed by atoms with E-state index in [1.807, 2.05) is 18.3 Å². The Balaban J connectivity index is 1.53. The van der Waals surface area contributed by atoms with Crippen molar-refractivity contribution >= 4 is 0 Å². The summed E-state index contributed by atoms with van der Waals surface area (Å²) >= 11 is 0. The molecule has 1 aromatic heterocycles. The van der Waals surface area contributed by atoms with Gasteiger partial charge >= 0.3 is 0 Å². The number of benzene rings is 2. The Kier molecular flexibility index (Phi) is 4.76. The van der Waals surface area contributed by atoms with Gasteiger partial charge in [0.25, 0.3) is 0 Å².